The van der Waals surface area contributed by atoms with Gasteiger partial charge in [0.15, 0.2) is 0 Å². The molecule has 0 saturated carbocycles. The van der Waals surface area contributed by atoms with Gasteiger partial charge in [-0.15, -0.1) is 0 Å². The zero-order valence-electron chi connectivity index (χ0n) is 8.75. The first-order chi connectivity index (χ1) is 7.09. The Balaban J connectivity index is 2.40. The summed E-state index contributed by atoms with van der Waals surface area (Å²) in [5.74, 6) is 0.111. The van der Waals surface area contributed by atoms with Gasteiger partial charge in [-0.2, -0.15) is 0 Å². The Morgan fingerprint density at radius 2 is 1.87 bits per heavy atom. The summed E-state index contributed by atoms with van der Waals surface area (Å²) in [7, 11) is 1.81. The Morgan fingerprint density at radius 3 is 2.33 bits per heavy atom. The number of carbonyl (C=O) groups is 1. The number of hydrogen-bond donors (Lipinski definition) is 0. The highest BCUT2D eigenvalue weighted by molar-refractivity contribution is 6.30. The molecule has 0 spiro atoms. The molecule has 1 aliphatic heterocycles. The van der Waals surface area contributed by atoms with Crippen LogP contribution in [-0.4, -0.2) is 24.4 Å². The van der Waals surface area contributed by atoms with Gasteiger partial charge in [-0.25, -0.2) is 0 Å². The normalized spacial score (nSPS) is 16.5. The third kappa shape index (κ3) is 1.77. The summed E-state index contributed by atoms with van der Waals surface area (Å²) in [6, 6.07) is 7.60. The first-order valence-electron chi connectivity index (χ1n) is 4.81. The van der Waals surface area contributed by atoms with Crippen molar-refractivity contribution in [2.24, 2.45) is 0 Å². The van der Waals surface area contributed by atoms with Crippen LogP contribution in [0.3, 0.4) is 0 Å². The van der Waals surface area contributed by atoms with E-state index >= 15 is 0 Å². The molecule has 0 fully saturated rings. The van der Waals surface area contributed by atoms with Crippen LogP contribution in [0.2, 0.25) is 5.02 Å². The molecule has 0 saturated heterocycles. The summed E-state index contributed by atoms with van der Waals surface area (Å²) in [5, 5.41) is 0.717. The third-order valence-corrected chi connectivity index (χ3v) is 2.96. The van der Waals surface area contributed by atoms with E-state index in [9.17, 15) is 4.79 Å². The summed E-state index contributed by atoms with van der Waals surface area (Å²) in [6.07, 6.45) is 0. The second kappa shape index (κ2) is 3.70. The molecule has 1 heterocycles. The first kappa shape index (κ1) is 10.2. The molecule has 1 amide bonds. The Hall–Kier alpha value is -1.28. The zero-order chi connectivity index (χ0) is 11.0. The van der Waals surface area contributed by atoms with Gasteiger partial charge in [0.1, 0.15) is 0 Å². The van der Waals surface area contributed by atoms with Crippen molar-refractivity contribution in [3.63, 3.8) is 0 Å². The molecule has 78 valence electrons. The number of amides is 1. The fourth-order valence-corrected chi connectivity index (χ4v) is 1.93. The first-order valence-corrected chi connectivity index (χ1v) is 5.18. The fraction of sp³-hybridized carbons (Fsp3) is 0.250. The van der Waals surface area contributed by atoms with Crippen LogP contribution >= 0.6 is 11.6 Å². The quantitative estimate of drug-likeness (QED) is 0.714. The highest BCUT2D eigenvalue weighted by Crippen LogP contribution is 2.27. The summed E-state index contributed by atoms with van der Waals surface area (Å²) in [6.45, 7) is 2.56. The second-order valence-electron chi connectivity index (χ2n) is 3.77. The molecule has 0 unspecified atom stereocenters. The minimum Gasteiger partial charge on any atom is -0.338 e. The van der Waals surface area contributed by atoms with Gasteiger partial charge in [0.2, 0.25) is 5.91 Å². The highest BCUT2D eigenvalue weighted by Gasteiger charge is 2.24. The number of hydrogen-bond acceptors (Lipinski definition) is 1. The minimum absolute atomic E-state index is 0.111. The second-order valence-corrected chi connectivity index (χ2v) is 4.21. The van der Waals surface area contributed by atoms with E-state index in [1.54, 1.807) is 4.90 Å². The zero-order valence-corrected chi connectivity index (χ0v) is 9.51. The van der Waals surface area contributed by atoms with Crippen LogP contribution in [0.1, 0.15) is 12.5 Å². The maximum Gasteiger partial charge on any atom is 0.249 e. The predicted octanol–water partition coefficient (Wildman–Crippen LogP) is 2.59. The topological polar surface area (TPSA) is 20.3 Å². The van der Waals surface area contributed by atoms with Crippen molar-refractivity contribution >= 4 is 23.1 Å². The molecule has 0 bridgehead atoms. The molecule has 15 heavy (non-hydrogen) atoms. The molecule has 0 radical (unpaired) electrons. The van der Waals surface area contributed by atoms with E-state index < -0.39 is 0 Å². The molecule has 0 aliphatic carbocycles. The van der Waals surface area contributed by atoms with E-state index in [-0.39, 0.29) is 5.91 Å². The lowest BCUT2D eigenvalue weighted by Gasteiger charge is -2.08. The molecule has 0 aromatic heterocycles. The van der Waals surface area contributed by atoms with Gasteiger partial charge in [-0.1, -0.05) is 23.7 Å². The summed E-state index contributed by atoms with van der Waals surface area (Å²) >= 11 is 5.82. The lowest BCUT2D eigenvalue weighted by Crippen LogP contribution is -2.21. The SMILES string of the molecule is CC1=C(c2ccc(Cl)cc2)CN(C)C1=O. The molecule has 1 aliphatic rings. The van der Waals surface area contributed by atoms with E-state index in [1.807, 2.05) is 38.2 Å². The van der Waals surface area contributed by atoms with Gasteiger partial charge in [0, 0.05) is 24.2 Å². The van der Waals surface area contributed by atoms with Crippen LogP contribution in [0.4, 0.5) is 0 Å². The average molecular weight is 222 g/mol. The Morgan fingerprint density at radius 1 is 1.27 bits per heavy atom. The molecule has 0 N–H and O–H groups in total. The Bertz CT molecular complexity index is 433. The van der Waals surface area contributed by atoms with Crippen molar-refractivity contribution in [3.8, 4) is 0 Å². The molecule has 0 atom stereocenters. The van der Waals surface area contributed by atoms with Gasteiger partial charge in [0.05, 0.1) is 0 Å². The van der Waals surface area contributed by atoms with Gasteiger partial charge in [-0.3, -0.25) is 4.79 Å². The van der Waals surface area contributed by atoms with Crippen LogP contribution in [-0.2, 0) is 4.79 Å². The van der Waals surface area contributed by atoms with Crippen LogP contribution < -0.4 is 0 Å². The summed E-state index contributed by atoms with van der Waals surface area (Å²) in [5.41, 5.74) is 3.01. The number of halogens is 1. The van der Waals surface area contributed by atoms with Crippen LogP contribution in [0.15, 0.2) is 29.8 Å². The molecule has 2 rings (SSSR count). The van der Waals surface area contributed by atoms with Crippen molar-refractivity contribution in [3.05, 3.63) is 40.4 Å². The molecule has 1 aromatic rings. The van der Waals surface area contributed by atoms with E-state index in [1.165, 1.54) is 0 Å². The largest absolute Gasteiger partial charge is 0.338 e. The Kier molecular flexibility index (Phi) is 2.53. The van der Waals surface area contributed by atoms with Crippen molar-refractivity contribution in [1.29, 1.82) is 0 Å². The smallest absolute Gasteiger partial charge is 0.249 e. The van der Waals surface area contributed by atoms with Gasteiger partial charge < -0.3 is 4.90 Å². The van der Waals surface area contributed by atoms with Crippen molar-refractivity contribution in [1.82, 2.24) is 4.90 Å². The number of carbonyl (C=O) groups excluding carboxylic acids is 1. The highest BCUT2D eigenvalue weighted by atomic mass is 35.5. The van der Waals surface area contributed by atoms with Crippen LogP contribution in [0.25, 0.3) is 5.57 Å². The van der Waals surface area contributed by atoms with Crippen molar-refractivity contribution in [2.45, 2.75) is 6.92 Å². The van der Waals surface area contributed by atoms with E-state index in [0.29, 0.717) is 6.54 Å². The van der Waals surface area contributed by atoms with Crippen LogP contribution in [0, 0.1) is 0 Å². The molecular weight excluding hydrogens is 210 g/mol. The monoisotopic (exact) mass is 221 g/mol. The van der Waals surface area contributed by atoms with Crippen LogP contribution in [0.5, 0.6) is 0 Å². The lowest BCUT2D eigenvalue weighted by molar-refractivity contribution is -0.124. The maximum atomic E-state index is 11.6. The fourth-order valence-electron chi connectivity index (χ4n) is 1.80. The average Bonchev–Trinajstić information content (AvgIpc) is 2.47. The lowest BCUT2D eigenvalue weighted by atomic mass is 10.0. The number of benzene rings is 1. The molecular formula is C12H12ClNO. The maximum absolute atomic E-state index is 11.6. The molecule has 2 nitrogen and oxygen atoms in total. The number of rotatable bonds is 1. The van der Waals surface area contributed by atoms with E-state index in [0.717, 1.165) is 21.7 Å². The summed E-state index contributed by atoms with van der Waals surface area (Å²) < 4.78 is 0. The van der Waals surface area contributed by atoms with Gasteiger partial charge in [-0.05, 0) is 30.2 Å². The predicted molar refractivity (Wildman–Crippen MR) is 61.7 cm³/mol. The molecule has 1 aromatic carbocycles. The Labute approximate surface area is 94.2 Å². The van der Waals surface area contributed by atoms with Gasteiger partial charge in [0.25, 0.3) is 0 Å². The summed E-state index contributed by atoms with van der Waals surface area (Å²) in [4.78, 5) is 13.3. The number of likely N-dealkylation sites (N-methyl/N-ethyl adjacent to an activating group) is 1. The van der Waals surface area contributed by atoms with Gasteiger partial charge >= 0.3 is 0 Å². The van der Waals surface area contributed by atoms with E-state index in [2.05, 4.69) is 0 Å². The minimum atomic E-state index is 0.111. The number of nitrogens with zero attached hydrogens (tertiary/aromatic N) is 1. The standard InChI is InChI=1S/C12H12ClNO/c1-8-11(7-14(2)12(8)15)9-3-5-10(13)6-4-9/h3-6H,7H2,1-2H3. The van der Waals surface area contributed by atoms with Crippen molar-refractivity contribution in [2.75, 3.05) is 13.6 Å². The molecule has 3 heteroatoms. The van der Waals surface area contributed by atoms with Crippen molar-refractivity contribution < 1.29 is 4.79 Å². The van der Waals surface area contributed by atoms with E-state index in [4.69, 9.17) is 11.6 Å². The third-order valence-electron chi connectivity index (χ3n) is 2.71.